The van der Waals surface area contributed by atoms with Gasteiger partial charge in [-0.3, -0.25) is 9.48 Å². The molecular weight excluding hydrogens is 489 g/mol. The summed E-state index contributed by atoms with van der Waals surface area (Å²) in [4.78, 5) is 31.0. The number of carbonyl (C=O) groups is 2. The SMILES string of the molecule is Cn1nccc1C(=O)N[C@@H](c1nc2cc(CN3C[C@@H](C(F)(F)F)NC3=O)ccc2o1)C(C1CC1)C1CC1. The molecule has 9 nitrogen and oxygen atoms in total. The van der Waals surface area contributed by atoms with Crippen LogP contribution in [0.5, 0.6) is 0 Å². The first-order chi connectivity index (χ1) is 17.7. The van der Waals surface area contributed by atoms with Crippen LogP contribution in [-0.2, 0) is 13.6 Å². The van der Waals surface area contributed by atoms with Gasteiger partial charge in [-0.2, -0.15) is 18.3 Å². The number of oxazole rings is 1. The Labute approximate surface area is 210 Å². The molecule has 1 saturated heterocycles. The third kappa shape index (κ3) is 4.76. The van der Waals surface area contributed by atoms with Crippen molar-refractivity contribution in [2.75, 3.05) is 6.54 Å². The standard InChI is InChI=1S/C25H27F3N6O3/c1-33-17(8-9-29-33)22(35)32-21(20(14-3-4-14)15-5-6-15)23-30-16-10-13(2-7-18(16)37-23)11-34-12-19(25(26,27)28)31-24(34)36/h2,7-10,14-15,19-21H,3-6,11-12H2,1H3,(H,31,36)(H,32,35)/t19-,21+/m0/s1. The van der Waals surface area contributed by atoms with Gasteiger partial charge in [0.25, 0.3) is 5.91 Å². The van der Waals surface area contributed by atoms with Gasteiger partial charge in [0.2, 0.25) is 5.89 Å². The number of fused-ring (bicyclic) bond motifs is 1. The molecule has 6 rings (SSSR count). The molecule has 0 unspecified atom stereocenters. The Morgan fingerprint density at radius 2 is 1.95 bits per heavy atom. The predicted molar refractivity (Wildman–Crippen MR) is 125 cm³/mol. The highest BCUT2D eigenvalue weighted by molar-refractivity contribution is 5.92. The summed E-state index contributed by atoms with van der Waals surface area (Å²) in [6, 6.07) is 3.76. The first kappa shape index (κ1) is 23.8. The highest BCUT2D eigenvalue weighted by Crippen LogP contribution is 2.54. The smallest absolute Gasteiger partial charge is 0.410 e. The van der Waals surface area contributed by atoms with Crippen LogP contribution in [0, 0.1) is 17.8 Å². The Morgan fingerprint density at radius 3 is 2.54 bits per heavy atom. The maximum atomic E-state index is 13.1. The lowest BCUT2D eigenvalue weighted by molar-refractivity contribution is -0.149. The molecule has 12 heteroatoms. The fourth-order valence-electron chi connectivity index (χ4n) is 5.38. The molecule has 37 heavy (non-hydrogen) atoms. The van der Waals surface area contributed by atoms with E-state index >= 15 is 0 Å². The predicted octanol–water partition coefficient (Wildman–Crippen LogP) is 3.92. The van der Waals surface area contributed by atoms with Gasteiger partial charge in [0.1, 0.15) is 23.3 Å². The second kappa shape index (κ2) is 8.77. The van der Waals surface area contributed by atoms with E-state index < -0.39 is 30.8 Å². The van der Waals surface area contributed by atoms with E-state index in [9.17, 15) is 22.8 Å². The van der Waals surface area contributed by atoms with Crippen molar-refractivity contribution in [2.45, 2.75) is 50.5 Å². The highest BCUT2D eigenvalue weighted by Gasteiger charge is 2.48. The van der Waals surface area contributed by atoms with Gasteiger partial charge in [-0.25, -0.2) is 9.78 Å². The average Bonchev–Trinajstić information content (AvgIpc) is 3.74. The van der Waals surface area contributed by atoms with Gasteiger partial charge < -0.3 is 20.0 Å². The molecule has 2 N–H and O–H groups in total. The van der Waals surface area contributed by atoms with Crippen molar-refractivity contribution in [3.05, 3.63) is 47.6 Å². The Kier molecular flexibility index (Phi) is 5.64. The number of rotatable bonds is 8. The van der Waals surface area contributed by atoms with Crippen LogP contribution in [0.2, 0.25) is 0 Å². The molecule has 3 aliphatic rings. The number of aryl methyl sites for hydroxylation is 1. The molecule has 2 saturated carbocycles. The summed E-state index contributed by atoms with van der Waals surface area (Å²) >= 11 is 0. The van der Waals surface area contributed by atoms with Crippen LogP contribution in [0.1, 0.15) is 53.7 Å². The minimum Gasteiger partial charge on any atom is -0.438 e. The number of hydrogen-bond donors (Lipinski definition) is 2. The van der Waals surface area contributed by atoms with E-state index in [1.165, 1.54) is 4.68 Å². The van der Waals surface area contributed by atoms with E-state index in [2.05, 4.69) is 10.4 Å². The van der Waals surface area contributed by atoms with Crippen molar-refractivity contribution in [1.29, 1.82) is 0 Å². The summed E-state index contributed by atoms with van der Waals surface area (Å²) in [6.45, 7) is -0.430. The Morgan fingerprint density at radius 1 is 1.22 bits per heavy atom. The molecular formula is C25H27F3N6O3. The van der Waals surface area contributed by atoms with E-state index in [4.69, 9.17) is 9.40 Å². The Hall–Kier alpha value is -3.57. The van der Waals surface area contributed by atoms with E-state index in [1.807, 2.05) is 5.32 Å². The Bertz CT molecular complexity index is 1330. The minimum atomic E-state index is -4.50. The van der Waals surface area contributed by atoms with Crippen molar-refractivity contribution < 1.29 is 27.2 Å². The molecule has 2 aliphatic carbocycles. The molecule has 2 atom stereocenters. The first-order valence-electron chi connectivity index (χ1n) is 12.5. The third-order valence-electron chi connectivity index (χ3n) is 7.55. The summed E-state index contributed by atoms with van der Waals surface area (Å²) in [5.41, 5.74) is 2.13. The summed E-state index contributed by atoms with van der Waals surface area (Å²) < 4.78 is 46.7. The fourth-order valence-corrected chi connectivity index (χ4v) is 5.38. The molecule has 1 aromatic carbocycles. The number of nitrogens with one attached hydrogen (secondary N) is 2. The van der Waals surface area contributed by atoms with Crippen molar-refractivity contribution in [3.63, 3.8) is 0 Å². The minimum absolute atomic E-state index is 0.0178. The summed E-state index contributed by atoms with van der Waals surface area (Å²) in [5, 5.41) is 9.22. The molecule has 3 heterocycles. The average molecular weight is 517 g/mol. The first-order valence-corrected chi connectivity index (χ1v) is 12.5. The number of halogens is 3. The number of carbonyl (C=O) groups excluding carboxylic acids is 2. The largest absolute Gasteiger partial charge is 0.438 e. The molecule has 0 radical (unpaired) electrons. The molecule has 0 spiro atoms. The lowest BCUT2D eigenvalue weighted by Crippen LogP contribution is -2.40. The number of alkyl halides is 3. The lowest BCUT2D eigenvalue weighted by atomic mass is 9.89. The van der Waals surface area contributed by atoms with Gasteiger partial charge in [0.15, 0.2) is 5.58 Å². The summed E-state index contributed by atoms with van der Waals surface area (Å²) in [7, 11) is 1.71. The van der Waals surface area contributed by atoms with Gasteiger partial charge in [-0.15, -0.1) is 0 Å². The van der Waals surface area contributed by atoms with Crippen LogP contribution in [0.15, 0.2) is 34.9 Å². The molecule has 1 aliphatic heterocycles. The zero-order valence-corrected chi connectivity index (χ0v) is 20.2. The summed E-state index contributed by atoms with van der Waals surface area (Å²) in [6.07, 6.45) is 1.52. The quantitative estimate of drug-likeness (QED) is 0.472. The number of benzene rings is 1. The van der Waals surface area contributed by atoms with Gasteiger partial charge in [-0.05, 0) is 67.2 Å². The maximum absolute atomic E-state index is 13.1. The summed E-state index contributed by atoms with van der Waals surface area (Å²) in [5.74, 6) is 1.40. The third-order valence-corrected chi connectivity index (χ3v) is 7.55. The number of aromatic nitrogens is 3. The van der Waals surface area contributed by atoms with Crippen LogP contribution in [-0.4, -0.2) is 50.4 Å². The fraction of sp³-hybridized carbons (Fsp3) is 0.520. The van der Waals surface area contributed by atoms with Crippen LogP contribution in [0.3, 0.4) is 0 Å². The second-order valence-electron chi connectivity index (χ2n) is 10.3. The number of urea groups is 1. The lowest BCUT2D eigenvalue weighted by Gasteiger charge is -2.25. The molecule has 3 aromatic rings. The molecule has 196 valence electrons. The normalized spacial score (nSPS) is 21.1. The van der Waals surface area contributed by atoms with Crippen LogP contribution in [0.4, 0.5) is 18.0 Å². The number of amides is 3. The van der Waals surface area contributed by atoms with Crippen LogP contribution in [0.25, 0.3) is 11.1 Å². The second-order valence-corrected chi connectivity index (χ2v) is 10.3. The van der Waals surface area contributed by atoms with Gasteiger partial charge in [0, 0.05) is 19.8 Å². The van der Waals surface area contributed by atoms with Crippen molar-refractivity contribution in [2.24, 2.45) is 24.8 Å². The van der Waals surface area contributed by atoms with Crippen molar-refractivity contribution >= 4 is 23.0 Å². The number of nitrogens with zero attached hydrogens (tertiary/aromatic N) is 4. The van der Waals surface area contributed by atoms with Gasteiger partial charge in [-0.1, -0.05) is 6.07 Å². The monoisotopic (exact) mass is 516 g/mol. The zero-order valence-electron chi connectivity index (χ0n) is 20.2. The van der Waals surface area contributed by atoms with Crippen LogP contribution >= 0.6 is 0 Å². The van der Waals surface area contributed by atoms with E-state index in [0.29, 0.717) is 40.1 Å². The molecule has 0 bridgehead atoms. The highest BCUT2D eigenvalue weighted by atomic mass is 19.4. The molecule has 3 amide bonds. The Balaban J connectivity index is 1.26. The van der Waals surface area contributed by atoms with Crippen LogP contribution < -0.4 is 10.6 Å². The van der Waals surface area contributed by atoms with Gasteiger partial charge >= 0.3 is 12.2 Å². The van der Waals surface area contributed by atoms with Gasteiger partial charge in [0.05, 0.1) is 6.54 Å². The topological polar surface area (TPSA) is 105 Å². The number of hydrogen-bond acceptors (Lipinski definition) is 5. The van der Waals surface area contributed by atoms with E-state index in [0.717, 1.165) is 30.6 Å². The molecule has 2 aromatic heterocycles. The van der Waals surface area contributed by atoms with Crippen molar-refractivity contribution in [3.8, 4) is 0 Å². The van der Waals surface area contributed by atoms with Crippen molar-refractivity contribution in [1.82, 2.24) is 30.3 Å². The zero-order chi connectivity index (χ0) is 25.9. The van der Waals surface area contributed by atoms with E-state index in [1.54, 1.807) is 37.5 Å². The molecule has 3 fully saturated rings. The maximum Gasteiger partial charge on any atom is 0.410 e. The van der Waals surface area contributed by atoms with E-state index in [-0.39, 0.29) is 18.4 Å².